The van der Waals surface area contributed by atoms with E-state index in [2.05, 4.69) is 10.5 Å². The third kappa shape index (κ3) is 6.00. The van der Waals surface area contributed by atoms with Gasteiger partial charge in [0.05, 0.1) is 25.3 Å². The van der Waals surface area contributed by atoms with E-state index in [9.17, 15) is 13.2 Å². The lowest BCUT2D eigenvalue weighted by Crippen LogP contribution is -2.26. The van der Waals surface area contributed by atoms with Crippen LogP contribution in [0.25, 0.3) is 0 Å². The number of ether oxygens (including phenoxy) is 2. The van der Waals surface area contributed by atoms with E-state index in [0.29, 0.717) is 22.6 Å². The van der Waals surface area contributed by atoms with Gasteiger partial charge in [0.1, 0.15) is 11.5 Å². The summed E-state index contributed by atoms with van der Waals surface area (Å²) in [7, 11) is 1.02. The Morgan fingerprint density at radius 3 is 2.29 bits per heavy atom. The molecule has 0 heterocycles. The van der Waals surface area contributed by atoms with Crippen molar-refractivity contribution >= 4 is 22.1 Å². The van der Waals surface area contributed by atoms with Crippen LogP contribution in [0.4, 0.5) is 0 Å². The second kappa shape index (κ2) is 11.0. The number of amides is 1. The molecule has 0 saturated carbocycles. The highest BCUT2D eigenvalue weighted by Gasteiger charge is 2.20. The van der Waals surface area contributed by atoms with Crippen molar-refractivity contribution in [1.29, 1.82) is 0 Å². The fourth-order valence-corrected chi connectivity index (χ4v) is 4.30. The Morgan fingerprint density at radius 1 is 1.00 bits per heavy atom. The summed E-state index contributed by atoms with van der Waals surface area (Å²) in [6, 6.07) is 18.7. The highest BCUT2D eigenvalue weighted by atomic mass is 32.2. The molecule has 8 nitrogen and oxygen atoms in total. The van der Waals surface area contributed by atoms with Crippen LogP contribution in [0, 0.1) is 6.92 Å². The lowest BCUT2D eigenvalue weighted by Gasteiger charge is -2.17. The molecule has 9 heteroatoms. The maximum Gasteiger partial charge on any atom is 0.271 e. The maximum atomic E-state index is 12.8. The minimum atomic E-state index is -3.61. The number of hydrogen-bond donors (Lipinski definition) is 1. The largest absolute Gasteiger partial charge is 0.497 e. The van der Waals surface area contributed by atoms with Crippen LogP contribution in [-0.4, -0.2) is 46.1 Å². The van der Waals surface area contributed by atoms with Gasteiger partial charge in [-0.2, -0.15) is 9.41 Å². The van der Waals surface area contributed by atoms with Crippen molar-refractivity contribution in [3.05, 3.63) is 89.0 Å². The van der Waals surface area contributed by atoms with Gasteiger partial charge in [-0.15, -0.1) is 0 Å². The molecule has 0 atom stereocenters. The zero-order valence-electron chi connectivity index (χ0n) is 19.5. The first-order valence-electron chi connectivity index (χ1n) is 10.4. The first-order valence-corrected chi connectivity index (χ1v) is 11.9. The van der Waals surface area contributed by atoms with Crippen LogP contribution in [0.15, 0.2) is 76.7 Å². The fourth-order valence-electron chi connectivity index (χ4n) is 3.14. The molecule has 0 aromatic heterocycles. The molecule has 0 spiro atoms. The van der Waals surface area contributed by atoms with Crippen LogP contribution in [0.5, 0.6) is 11.5 Å². The summed E-state index contributed by atoms with van der Waals surface area (Å²) in [4.78, 5) is 12.7. The minimum Gasteiger partial charge on any atom is -0.497 e. The number of aryl methyl sites for hydroxylation is 1. The standard InChI is InChI=1S/C25H27N3O5S/c1-18-5-13-23(14-6-18)34(30,31)28(2)17-19-7-9-20(10-8-19)25(29)27-26-16-21-11-12-22(32-3)15-24(21)33-4/h5-16H,17H2,1-4H3,(H,27,29). The van der Waals surface area contributed by atoms with E-state index in [1.807, 2.05) is 6.92 Å². The summed E-state index contributed by atoms with van der Waals surface area (Å²) in [6.07, 6.45) is 1.48. The number of carbonyl (C=O) groups excluding carboxylic acids is 1. The van der Waals surface area contributed by atoms with E-state index >= 15 is 0 Å². The van der Waals surface area contributed by atoms with E-state index < -0.39 is 15.9 Å². The number of nitrogens with zero attached hydrogens (tertiary/aromatic N) is 2. The van der Waals surface area contributed by atoms with Crippen LogP contribution >= 0.6 is 0 Å². The van der Waals surface area contributed by atoms with Crippen LogP contribution in [-0.2, 0) is 16.6 Å². The van der Waals surface area contributed by atoms with E-state index in [4.69, 9.17) is 9.47 Å². The van der Waals surface area contributed by atoms with Gasteiger partial charge in [-0.25, -0.2) is 13.8 Å². The molecule has 34 heavy (non-hydrogen) atoms. The highest BCUT2D eigenvalue weighted by molar-refractivity contribution is 7.89. The smallest absolute Gasteiger partial charge is 0.271 e. The topological polar surface area (TPSA) is 97.3 Å². The van der Waals surface area contributed by atoms with Gasteiger partial charge in [-0.05, 0) is 48.9 Å². The Morgan fingerprint density at radius 2 is 1.68 bits per heavy atom. The van der Waals surface area contributed by atoms with Crippen LogP contribution in [0.1, 0.15) is 27.0 Å². The number of nitrogens with one attached hydrogen (secondary N) is 1. The molecule has 0 fully saturated rings. The molecule has 178 valence electrons. The zero-order chi connectivity index (χ0) is 24.7. The summed E-state index contributed by atoms with van der Waals surface area (Å²) in [6.45, 7) is 2.08. The third-order valence-corrected chi connectivity index (χ3v) is 6.98. The molecule has 0 unspecified atom stereocenters. The molecule has 0 saturated heterocycles. The number of carbonyl (C=O) groups is 1. The molecule has 0 radical (unpaired) electrons. The zero-order valence-corrected chi connectivity index (χ0v) is 20.3. The molecule has 0 aliphatic rings. The van der Waals surface area contributed by atoms with Crippen LogP contribution < -0.4 is 14.9 Å². The second-order valence-corrected chi connectivity index (χ2v) is 9.62. The first kappa shape index (κ1) is 24.9. The molecule has 0 aliphatic heterocycles. The maximum absolute atomic E-state index is 12.8. The highest BCUT2D eigenvalue weighted by Crippen LogP contribution is 2.23. The molecule has 0 bridgehead atoms. The van der Waals surface area contributed by atoms with Crippen molar-refractivity contribution in [2.75, 3.05) is 21.3 Å². The molecule has 3 aromatic carbocycles. The number of methoxy groups -OCH3 is 2. The molecule has 3 aromatic rings. The SMILES string of the molecule is COc1ccc(C=NNC(=O)c2ccc(CN(C)S(=O)(=O)c3ccc(C)cc3)cc2)c(OC)c1. The summed E-state index contributed by atoms with van der Waals surface area (Å²) >= 11 is 0. The van der Waals surface area contributed by atoms with E-state index in [-0.39, 0.29) is 11.4 Å². The average Bonchev–Trinajstić information content (AvgIpc) is 2.84. The lowest BCUT2D eigenvalue weighted by atomic mass is 10.1. The van der Waals surface area contributed by atoms with Crippen molar-refractivity contribution in [3.63, 3.8) is 0 Å². The van der Waals surface area contributed by atoms with Crippen molar-refractivity contribution in [2.24, 2.45) is 5.10 Å². The summed E-state index contributed by atoms with van der Waals surface area (Å²) in [5.41, 5.74) is 5.29. The Balaban J connectivity index is 1.62. The van der Waals surface area contributed by atoms with Gasteiger partial charge in [-0.1, -0.05) is 29.8 Å². The van der Waals surface area contributed by atoms with Crippen LogP contribution in [0.3, 0.4) is 0 Å². The number of hydrogen-bond acceptors (Lipinski definition) is 6. The molecular weight excluding hydrogens is 454 g/mol. The summed E-state index contributed by atoms with van der Waals surface area (Å²) in [5, 5.41) is 3.99. The third-order valence-electron chi connectivity index (χ3n) is 5.16. The monoisotopic (exact) mass is 481 g/mol. The summed E-state index contributed by atoms with van der Waals surface area (Å²) in [5.74, 6) is 0.817. The number of rotatable bonds is 9. The Labute approximate surface area is 199 Å². The van der Waals surface area contributed by atoms with Gasteiger partial charge in [0.2, 0.25) is 10.0 Å². The van der Waals surface area contributed by atoms with Crippen molar-refractivity contribution in [1.82, 2.24) is 9.73 Å². The molecule has 1 amide bonds. The van der Waals surface area contributed by atoms with Crippen molar-refractivity contribution in [2.45, 2.75) is 18.4 Å². The predicted octanol–water partition coefficient (Wildman–Crippen LogP) is 3.60. The molecule has 1 N–H and O–H groups in total. The van der Waals surface area contributed by atoms with Crippen molar-refractivity contribution in [3.8, 4) is 11.5 Å². The average molecular weight is 482 g/mol. The van der Waals surface area contributed by atoms with Gasteiger partial charge < -0.3 is 9.47 Å². The Bertz CT molecular complexity index is 1270. The number of sulfonamides is 1. The lowest BCUT2D eigenvalue weighted by molar-refractivity contribution is 0.0955. The van der Waals surface area contributed by atoms with Gasteiger partial charge in [0.25, 0.3) is 5.91 Å². The Hall–Kier alpha value is -3.69. The van der Waals surface area contributed by atoms with E-state index in [1.54, 1.807) is 73.8 Å². The van der Waals surface area contributed by atoms with E-state index in [1.165, 1.54) is 24.7 Å². The first-order chi connectivity index (χ1) is 16.2. The van der Waals surface area contributed by atoms with Gasteiger partial charge in [-0.3, -0.25) is 4.79 Å². The Kier molecular flexibility index (Phi) is 8.04. The predicted molar refractivity (Wildman–Crippen MR) is 131 cm³/mol. The second-order valence-electron chi connectivity index (χ2n) is 7.58. The quantitative estimate of drug-likeness (QED) is 0.372. The molecule has 3 rings (SSSR count). The number of benzene rings is 3. The normalized spacial score (nSPS) is 11.6. The van der Waals surface area contributed by atoms with Crippen LogP contribution in [0.2, 0.25) is 0 Å². The van der Waals surface area contributed by atoms with Crippen molar-refractivity contribution < 1.29 is 22.7 Å². The summed E-state index contributed by atoms with van der Waals surface area (Å²) < 4.78 is 37.3. The molecular formula is C25H27N3O5S. The van der Waals surface area contributed by atoms with E-state index in [0.717, 1.165) is 11.1 Å². The fraction of sp³-hybridized carbons (Fsp3) is 0.200. The minimum absolute atomic E-state index is 0.174. The number of hydrazone groups is 1. The molecule has 0 aliphatic carbocycles. The van der Waals surface area contributed by atoms with Gasteiger partial charge in [0, 0.05) is 30.8 Å². The van der Waals surface area contributed by atoms with Gasteiger partial charge >= 0.3 is 0 Å². The van der Waals surface area contributed by atoms with Gasteiger partial charge in [0.15, 0.2) is 0 Å².